The number of rotatable bonds is 2. The molecule has 1 rings (SSSR count). The van der Waals surface area contributed by atoms with Crippen molar-refractivity contribution in [1.29, 1.82) is 0 Å². The van der Waals surface area contributed by atoms with Gasteiger partial charge in [0.15, 0.2) is 0 Å². The molecule has 13 heavy (non-hydrogen) atoms. The van der Waals surface area contributed by atoms with Gasteiger partial charge in [-0.2, -0.15) is 0 Å². The molecular weight excluding hydrogens is 296 g/mol. The maximum absolute atomic E-state index is 8.74. The second-order valence-corrected chi connectivity index (χ2v) is 4.56. The lowest BCUT2D eigenvalue weighted by molar-refractivity contribution is 0.343. The first-order chi connectivity index (χ1) is 6.13. The summed E-state index contributed by atoms with van der Waals surface area (Å²) in [4.78, 5) is 0. The van der Waals surface area contributed by atoms with Crippen molar-refractivity contribution in [2.45, 2.75) is 6.92 Å². The van der Waals surface area contributed by atoms with E-state index in [0.29, 0.717) is 0 Å². The second-order valence-electron chi connectivity index (χ2n) is 2.73. The topological polar surface area (TPSA) is 20.2 Å². The van der Waals surface area contributed by atoms with E-state index in [2.05, 4.69) is 31.9 Å². The first-order valence-corrected chi connectivity index (χ1v) is 5.46. The van der Waals surface area contributed by atoms with Crippen molar-refractivity contribution in [3.05, 3.63) is 38.8 Å². The quantitative estimate of drug-likeness (QED) is 0.885. The molecular formula is C10H10Br2O. The van der Waals surface area contributed by atoms with Crippen LogP contribution in [0.25, 0.3) is 5.57 Å². The number of hydrogen-bond donors (Lipinski definition) is 1. The molecule has 0 aliphatic carbocycles. The molecule has 0 radical (unpaired) electrons. The van der Waals surface area contributed by atoms with E-state index in [1.165, 1.54) is 0 Å². The number of allylic oxidation sites excluding steroid dienone is 1. The lowest BCUT2D eigenvalue weighted by Crippen LogP contribution is -1.83. The van der Waals surface area contributed by atoms with Gasteiger partial charge >= 0.3 is 0 Å². The van der Waals surface area contributed by atoms with Crippen molar-refractivity contribution in [3.63, 3.8) is 0 Å². The van der Waals surface area contributed by atoms with Crippen LogP contribution in [0.3, 0.4) is 0 Å². The first kappa shape index (κ1) is 11.0. The predicted molar refractivity (Wildman–Crippen MR) is 62.6 cm³/mol. The van der Waals surface area contributed by atoms with Gasteiger partial charge in [0.25, 0.3) is 0 Å². The molecule has 0 atom stereocenters. The van der Waals surface area contributed by atoms with Crippen LogP contribution in [0, 0.1) is 0 Å². The lowest BCUT2D eigenvalue weighted by atomic mass is 10.1. The van der Waals surface area contributed by atoms with Gasteiger partial charge in [0.2, 0.25) is 0 Å². The summed E-state index contributed by atoms with van der Waals surface area (Å²) in [6.45, 7) is 2.06. The average molecular weight is 306 g/mol. The molecule has 0 bridgehead atoms. The van der Waals surface area contributed by atoms with Gasteiger partial charge in [-0.05, 0) is 36.3 Å². The minimum atomic E-state index is 0.0793. The van der Waals surface area contributed by atoms with Gasteiger partial charge in [0.05, 0.1) is 6.61 Å². The summed E-state index contributed by atoms with van der Waals surface area (Å²) < 4.78 is 2.06. The van der Waals surface area contributed by atoms with Crippen LogP contribution in [0.15, 0.2) is 33.2 Å². The largest absolute Gasteiger partial charge is 0.392 e. The molecule has 0 spiro atoms. The molecule has 1 aromatic rings. The Hall–Kier alpha value is -0.120. The van der Waals surface area contributed by atoms with Gasteiger partial charge in [-0.25, -0.2) is 0 Å². The molecule has 0 unspecified atom stereocenters. The van der Waals surface area contributed by atoms with Crippen LogP contribution in [0.2, 0.25) is 0 Å². The smallest absolute Gasteiger partial charge is 0.0618 e. The first-order valence-electron chi connectivity index (χ1n) is 3.87. The fourth-order valence-electron chi connectivity index (χ4n) is 1.04. The Morgan fingerprint density at radius 1 is 1.31 bits per heavy atom. The molecule has 0 aliphatic rings. The molecule has 3 heteroatoms. The van der Waals surface area contributed by atoms with Crippen molar-refractivity contribution < 1.29 is 5.11 Å². The fourth-order valence-corrected chi connectivity index (χ4v) is 2.33. The number of halogens is 2. The molecule has 0 saturated carbocycles. The predicted octanol–water partition coefficient (Wildman–Crippen LogP) is 3.61. The van der Waals surface area contributed by atoms with E-state index in [1.54, 1.807) is 6.08 Å². The molecule has 1 nitrogen and oxygen atoms in total. The summed E-state index contributed by atoms with van der Waals surface area (Å²) in [7, 11) is 0. The zero-order valence-corrected chi connectivity index (χ0v) is 10.4. The standard InChI is InChI=1S/C10H10Br2O/c1-7(2-3-13)8-4-9(11)6-10(12)5-8/h2,4-6,13H,3H2,1H3/b7-2+. The van der Waals surface area contributed by atoms with Crippen LogP contribution in [0.1, 0.15) is 12.5 Å². The zero-order valence-electron chi connectivity index (χ0n) is 7.22. The summed E-state index contributed by atoms with van der Waals surface area (Å²) in [5.41, 5.74) is 2.18. The van der Waals surface area contributed by atoms with Gasteiger partial charge < -0.3 is 5.11 Å². The van der Waals surface area contributed by atoms with Crippen LogP contribution in [0.4, 0.5) is 0 Å². The SMILES string of the molecule is C/C(=C\CO)c1cc(Br)cc(Br)c1. The molecule has 0 aliphatic heterocycles. The van der Waals surface area contributed by atoms with Crippen molar-refractivity contribution >= 4 is 37.4 Å². The number of aliphatic hydroxyl groups is 1. The number of benzene rings is 1. The highest BCUT2D eigenvalue weighted by Gasteiger charge is 1.98. The van der Waals surface area contributed by atoms with Gasteiger partial charge in [-0.15, -0.1) is 0 Å². The Kier molecular flexibility index (Phi) is 4.16. The Morgan fingerprint density at radius 3 is 2.31 bits per heavy atom. The van der Waals surface area contributed by atoms with E-state index in [4.69, 9.17) is 5.11 Å². The van der Waals surface area contributed by atoms with Crippen molar-refractivity contribution in [2.75, 3.05) is 6.61 Å². The van der Waals surface area contributed by atoms with Gasteiger partial charge in [-0.1, -0.05) is 37.9 Å². The summed E-state index contributed by atoms with van der Waals surface area (Å²) in [5.74, 6) is 0. The number of aliphatic hydroxyl groups excluding tert-OH is 1. The normalized spacial score (nSPS) is 11.8. The minimum absolute atomic E-state index is 0.0793. The summed E-state index contributed by atoms with van der Waals surface area (Å²) in [6.07, 6.45) is 1.79. The van der Waals surface area contributed by atoms with E-state index in [-0.39, 0.29) is 6.61 Å². The number of hydrogen-bond acceptors (Lipinski definition) is 1. The Labute approximate surface area is 94.7 Å². The summed E-state index contributed by atoms with van der Waals surface area (Å²) in [5, 5.41) is 8.74. The lowest BCUT2D eigenvalue weighted by Gasteiger charge is -2.03. The molecule has 0 amide bonds. The highest BCUT2D eigenvalue weighted by Crippen LogP contribution is 2.24. The highest BCUT2D eigenvalue weighted by molar-refractivity contribution is 9.11. The molecule has 70 valence electrons. The van der Waals surface area contributed by atoms with Gasteiger partial charge in [-0.3, -0.25) is 0 Å². The van der Waals surface area contributed by atoms with E-state index < -0.39 is 0 Å². The third kappa shape index (κ3) is 3.25. The van der Waals surface area contributed by atoms with E-state index in [0.717, 1.165) is 20.1 Å². The maximum Gasteiger partial charge on any atom is 0.0618 e. The maximum atomic E-state index is 8.74. The third-order valence-corrected chi connectivity index (χ3v) is 2.63. The monoisotopic (exact) mass is 304 g/mol. The average Bonchev–Trinajstić information content (AvgIpc) is 2.03. The van der Waals surface area contributed by atoms with E-state index in [1.807, 2.05) is 25.1 Å². The van der Waals surface area contributed by atoms with Crippen LogP contribution in [0.5, 0.6) is 0 Å². The van der Waals surface area contributed by atoms with Crippen LogP contribution < -0.4 is 0 Å². The molecule has 1 N–H and O–H groups in total. The molecule has 0 aromatic heterocycles. The Morgan fingerprint density at radius 2 is 1.85 bits per heavy atom. The fraction of sp³-hybridized carbons (Fsp3) is 0.200. The van der Waals surface area contributed by atoms with Crippen molar-refractivity contribution in [1.82, 2.24) is 0 Å². The van der Waals surface area contributed by atoms with Crippen molar-refractivity contribution in [2.24, 2.45) is 0 Å². The molecule has 1 aromatic carbocycles. The molecule has 0 fully saturated rings. The summed E-state index contributed by atoms with van der Waals surface area (Å²) >= 11 is 6.83. The van der Waals surface area contributed by atoms with E-state index >= 15 is 0 Å². The van der Waals surface area contributed by atoms with Crippen LogP contribution in [-0.2, 0) is 0 Å². The molecule has 0 heterocycles. The zero-order chi connectivity index (χ0) is 9.84. The van der Waals surface area contributed by atoms with E-state index in [9.17, 15) is 0 Å². The van der Waals surface area contributed by atoms with Gasteiger partial charge in [0.1, 0.15) is 0 Å². The van der Waals surface area contributed by atoms with Crippen LogP contribution in [-0.4, -0.2) is 11.7 Å². The Bertz CT molecular complexity index is 311. The van der Waals surface area contributed by atoms with Crippen molar-refractivity contribution in [3.8, 4) is 0 Å². The second kappa shape index (κ2) is 4.94. The summed E-state index contributed by atoms with van der Waals surface area (Å²) in [6, 6.07) is 6.02. The Balaban J connectivity index is 3.08. The van der Waals surface area contributed by atoms with Crippen LogP contribution >= 0.6 is 31.9 Å². The third-order valence-electron chi connectivity index (χ3n) is 1.72. The molecule has 0 saturated heterocycles. The highest BCUT2D eigenvalue weighted by atomic mass is 79.9. The van der Waals surface area contributed by atoms with Gasteiger partial charge in [0, 0.05) is 8.95 Å². The minimum Gasteiger partial charge on any atom is -0.392 e.